The Morgan fingerprint density at radius 1 is 0.944 bits per heavy atom. The van der Waals surface area contributed by atoms with Crippen molar-refractivity contribution < 1.29 is 31.7 Å². The molecule has 2 amide bonds. The van der Waals surface area contributed by atoms with Crippen molar-refractivity contribution in [2.45, 2.75) is 140 Å². The molecule has 13 heteroatoms. The number of rotatable bonds is 15. The van der Waals surface area contributed by atoms with Crippen molar-refractivity contribution in [1.82, 2.24) is 20.4 Å². The number of nitrogens with zero attached hydrogens (tertiary/aromatic N) is 2. The van der Waals surface area contributed by atoms with Crippen molar-refractivity contribution >= 4 is 33.5 Å². The standard InChI is InChI=1S/C41H66ClFN4O6S/c42-35-14-20-41(18-6-3-1-2-4-7-19-41)21-15-38(45-29-35)46-23-16-32(17-24-46)11-10-25-53-36-13-12-33(37(43)28-36)27-39(48)47-30-34(31-47)40(49)44-22-8-5-9-26-54(50,51)52/h12-13,28,32,34-35,38,45H,1-11,14-27,29-31H2,(H,44,49)(H,50,51,52). The predicted octanol–water partition coefficient (Wildman–Crippen LogP) is 7.09. The van der Waals surface area contributed by atoms with Crippen LogP contribution in [0.2, 0.25) is 0 Å². The number of benzene rings is 1. The van der Waals surface area contributed by atoms with Crippen LogP contribution in [-0.2, 0) is 26.1 Å². The predicted molar refractivity (Wildman–Crippen MR) is 212 cm³/mol. The van der Waals surface area contributed by atoms with Gasteiger partial charge in [0.2, 0.25) is 11.8 Å². The molecule has 0 bridgehead atoms. The van der Waals surface area contributed by atoms with E-state index in [-0.39, 0.29) is 35.3 Å². The summed E-state index contributed by atoms with van der Waals surface area (Å²) >= 11 is 6.86. The Balaban J connectivity index is 0.953. The molecule has 3 saturated heterocycles. The van der Waals surface area contributed by atoms with Gasteiger partial charge in [0.25, 0.3) is 10.1 Å². The van der Waals surface area contributed by atoms with Gasteiger partial charge in [0.15, 0.2) is 0 Å². The van der Waals surface area contributed by atoms with Gasteiger partial charge < -0.3 is 20.3 Å². The maximum Gasteiger partial charge on any atom is 0.264 e. The first-order valence-electron chi connectivity index (χ1n) is 21.0. The van der Waals surface area contributed by atoms with Crippen LogP contribution in [0.5, 0.6) is 5.75 Å². The van der Waals surface area contributed by atoms with Crippen LogP contribution in [0.25, 0.3) is 0 Å². The first-order valence-corrected chi connectivity index (χ1v) is 23.1. The highest BCUT2D eigenvalue weighted by Gasteiger charge is 2.36. The van der Waals surface area contributed by atoms with E-state index in [9.17, 15) is 22.4 Å². The van der Waals surface area contributed by atoms with E-state index < -0.39 is 15.9 Å². The fraction of sp³-hybridized carbons (Fsp3) is 0.805. The Bertz CT molecular complexity index is 1430. The molecule has 5 rings (SSSR count). The molecule has 306 valence electrons. The second kappa shape index (κ2) is 21.5. The van der Waals surface area contributed by atoms with E-state index in [0.29, 0.717) is 74.3 Å². The summed E-state index contributed by atoms with van der Waals surface area (Å²) in [5, 5.41) is 6.89. The second-order valence-electron chi connectivity index (χ2n) is 16.8. The van der Waals surface area contributed by atoms with E-state index in [1.165, 1.54) is 89.5 Å². The third-order valence-corrected chi connectivity index (χ3v) is 13.8. The maximum absolute atomic E-state index is 15.0. The molecular weight excluding hydrogens is 731 g/mol. The molecule has 1 saturated carbocycles. The summed E-state index contributed by atoms with van der Waals surface area (Å²) < 4.78 is 51.2. The molecule has 10 nitrogen and oxygen atoms in total. The number of hydrogen-bond acceptors (Lipinski definition) is 7. The first kappa shape index (κ1) is 43.1. The molecule has 1 aromatic rings. The van der Waals surface area contributed by atoms with E-state index in [0.717, 1.165) is 38.9 Å². The van der Waals surface area contributed by atoms with Crippen molar-refractivity contribution in [3.8, 4) is 5.75 Å². The van der Waals surface area contributed by atoms with Gasteiger partial charge in [-0.15, -0.1) is 11.6 Å². The third-order valence-electron chi connectivity index (χ3n) is 12.6. The molecule has 3 N–H and O–H groups in total. The minimum Gasteiger partial charge on any atom is -0.493 e. The Labute approximate surface area is 328 Å². The lowest BCUT2D eigenvalue weighted by atomic mass is 9.71. The molecule has 4 fully saturated rings. The lowest BCUT2D eigenvalue weighted by Gasteiger charge is -2.40. The molecule has 3 aliphatic heterocycles. The summed E-state index contributed by atoms with van der Waals surface area (Å²) in [6, 6.07) is 4.70. The Hall–Kier alpha value is -1.99. The van der Waals surface area contributed by atoms with Crippen molar-refractivity contribution in [3.05, 3.63) is 29.6 Å². The molecule has 0 aromatic heterocycles. The van der Waals surface area contributed by atoms with Gasteiger partial charge in [0, 0.05) is 37.6 Å². The molecule has 1 spiro atoms. The van der Waals surface area contributed by atoms with Gasteiger partial charge >= 0.3 is 0 Å². The molecule has 3 heterocycles. The fourth-order valence-electron chi connectivity index (χ4n) is 9.08. The number of piperidine rings is 1. The van der Waals surface area contributed by atoms with Gasteiger partial charge in [0.05, 0.1) is 30.9 Å². The van der Waals surface area contributed by atoms with Crippen LogP contribution >= 0.6 is 11.6 Å². The third kappa shape index (κ3) is 14.2. The highest BCUT2D eigenvalue weighted by atomic mass is 35.5. The molecule has 0 radical (unpaired) electrons. The van der Waals surface area contributed by atoms with Gasteiger partial charge in [-0.05, 0) is 113 Å². The molecular formula is C41H66ClFN4O6S. The van der Waals surface area contributed by atoms with Crippen LogP contribution in [0.4, 0.5) is 4.39 Å². The van der Waals surface area contributed by atoms with Crippen LogP contribution < -0.4 is 15.4 Å². The van der Waals surface area contributed by atoms with Crippen LogP contribution in [0.3, 0.4) is 0 Å². The Morgan fingerprint density at radius 3 is 2.35 bits per heavy atom. The largest absolute Gasteiger partial charge is 0.493 e. The molecule has 54 heavy (non-hydrogen) atoms. The van der Waals surface area contributed by atoms with Crippen molar-refractivity contribution in [2.24, 2.45) is 17.3 Å². The van der Waals surface area contributed by atoms with E-state index >= 15 is 0 Å². The highest BCUT2D eigenvalue weighted by Crippen LogP contribution is 2.43. The average molecular weight is 798 g/mol. The number of unbranched alkanes of at least 4 members (excludes halogenated alkanes) is 2. The number of nitrogens with one attached hydrogen (secondary N) is 2. The molecule has 1 aromatic carbocycles. The number of amides is 2. The number of ether oxygens (including phenoxy) is 1. The van der Waals surface area contributed by atoms with Crippen LogP contribution in [0.15, 0.2) is 18.2 Å². The van der Waals surface area contributed by atoms with E-state index in [4.69, 9.17) is 20.9 Å². The highest BCUT2D eigenvalue weighted by molar-refractivity contribution is 7.85. The SMILES string of the molecule is O=C(NCCCCCS(=O)(=O)O)C1CN(C(=O)Cc2ccc(OCCCC3CCN(C4CCC5(CCCCCCCC5)CCC(Cl)CN4)CC3)cc2F)C1. The monoisotopic (exact) mass is 796 g/mol. The maximum atomic E-state index is 15.0. The van der Waals surface area contributed by atoms with Gasteiger partial charge in [-0.2, -0.15) is 8.42 Å². The Kier molecular flexibility index (Phi) is 17.2. The van der Waals surface area contributed by atoms with Gasteiger partial charge in [-0.1, -0.05) is 51.0 Å². The molecule has 2 unspecified atom stereocenters. The summed E-state index contributed by atoms with van der Waals surface area (Å²) in [6.07, 6.45) is 22.3. The zero-order valence-corrected chi connectivity index (χ0v) is 34.0. The molecule has 4 aliphatic rings. The number of carbonyl (C=O) groups excluding carboxylic acids is 2. The normalized spacial score (nSPS) is 23.9. The molecule has 1 aliphatic carbocycles. The number of halogens is 2. The molecule has 2 atom stereocenters. The van der Waals surface area contributed by atoms with Crippen LogP contribution in [0, 0.1) is 23.1 Å². The van der Waals surface area contributed by atoms with Crippen LogP contribution in [0.1, 0.15) is 128 Å². The minimum absolute atomic E-state index is 0.0728. The van der Waals surface area contributed by atoms with Crippen molar-refractivity contribution in [2.75, 3.05) is 51.6 Å². The number of carbonyl (C=O) groups is 2. The lowest BCUT2D eigenvalue weighted by molar-refractivity contribution is -0.142. The Morgan fingerprint density at radius 2 is 1.65 bits per heavy atom. The summed E-state index contributed by atoms with van der Waals surface area (Å²) in [7, 11) is -3.96. The smallest absolute Gasteiger partial charge is 0.264 e. The quantitative estimate of drug-likeness (QED) is 0.0976. The lowest BCUT2D eigenvalue weighted by Crippen LogP contribution is -2.56. The number of likely N-dealkylation sites (tertiary alicyclic amines) is 2. The summed E-state index contributed by atoms with van der Waals surface area (Å²) in [5.74, 6) is -0.285. The van der Waals surface area contributed by atoms with Gasteiger partial charge in [-0.3, -0.25) is 19.0 Å². The minimum atomic E-state index is -3.96. The average Bonchev–Trinajstić information content (AvgIpc) is 3.28. The van der Waals surface area contributed by atoms with Crippen molar-refractivity contribution in [3.63, 3.8) is 0 Å². The number of hydrogen-bond donors (Lipinski definition) is 3. The second-order valence-corrected chi connectivity index (χ2v) is 18.9. The summed E-state index contributed by atoms with van der Waals surface area (Å²) in [4.78, 5) is 29.3. The first-order chi connectivity index (χ1) is 26.0. The fourth-order valence-corrected chi connectivity index (χ4v) is 9.85. The van der Waals surface area contributed by atoms with Gasteiger partial charge in [-0.25, -0.2) is 4.39 Å². The summed E-state index contributed by atoms with van der Waals surface area (Å²) in [6.45, 7) is 4.65. The zero-order chi connectivity index (χ0) is 38.4. The number of alkyl halides is 1. The summed E-state index contributed by atoms with van der Waals surface area (Å²) in [5.41, 5.74) is 0.784. The van der Waals surface area contributed by atoms with E-state index in [1.807, 2.05) is 0 Å². The van der Waals surface area contributed by atoms with Crippen molar-refractivity contribution in [1.29, 1.82) is 0 Å². The zero-order valence-electron chi connectivity index (χ0n) is 32.4. The van der Waals surface area contributed by atoms with Crippen LogP contribution in [-0.4, -0.2) is 97.8 Å². The van der Waals surface area contributed by atoms with Gasteiger partial charge in [0.1, 0.15) is 11.6 Å². The van der Waals surface area contributed by atoms with E-state index in [2.05, 4.69) is 15.5 Å². The topological polar surface area (TPSA) is 128 Å². The van der Waals surface area contributed by atoms with E-state index in [1.54, 1.807) is 17.0 Å².